The molecule has 0 amide bonds. The molecule has 2 saturated heterocycles. The third-order valence-corrected chi connectivity index (χ3v) is 4.31. The Labute approximate surface area is 123 Å². The van der Waals surface area contributed by atoms with Crippen molar-refractivity contribution in [3.63, 3.8) is 0 Å². The second kappa shape index (κ2) is 6.30. The summed E-state index contributed by atoms with van der Waals surface area (Å²) in [4.78, 5) is 0. The van der Waals surface area contributed by atoms with Crippen LogP contribution in [0.5, 0.6) is 5.75 Å². The fourth-order valence-electron chi connectivity index (χ4n) is 3.32. The van der Waals surface area contributed by atoms with Crippen LogP contribution in [0.2, 0.25) is 0 Å². The zero-order valence-electron chi connectivity index (χ0n) is 12.1. The van der Waals surface area contributed by atoms with Gasteiger partial charge in [0.15, 0.2) is 0 Å². The number of methoxy groups -OCH3 is 1. The van der Waals surface area contributed by atoms with Gasteiger partial charge in [0, 0.05) is 5.56 Å². The Kier molecular flexibility index (Phi) is 4.42. The van der Waals surface area contributed by atoms with Crippen molar-refractivity contribution in [1.29, 1.82) is 0 Å². The summed E-state index contributed by atoms with van der Waals surface area (Å²) in [6.45, 7) is -0.202. The molecular weight excluding hydrogens is 275 g/mol. The lowest BCUT2D eigenvalue weighted by atomic mass is 10.0. The lowest BCUT2D eigenvalue weighted by Gasteiger charge is -2.31. The van der Waals surface area contributed by atoms with Gasteiger partial charge in [-0.1, -0.05) is 0 Å². The van der Waals surface area contributed by atoms with E-state index in [2.05, 4.69) is 0 Å². The lowest BCUT2D eigenvalue weighted by Crippen LogP contribution is -2.32. The van der Waals surface area contributed by atoms with Gasteiger partial charge in [0.1, 0.15) is 17.7 Å². The molecule has 0 spiro atoms. The summed E-state index contributed by atoms with van der Waals surface area (Å²) in [6.07, 6.45) is 3.84. The summed E-state index contributed by atoms with van der Waals surface area (Å²) in [5.41, 5.74) is 0.554. The summed E-state index contributed by atoms with van der Waals surface area (Å²) in [5.74, 6) is 0.172. The average Bonchev–Trinajstić information content (AvgIpc) is 2.83. The highest BCUT2D eigenvalue weighted by Gasteiger charge is 2.36. The Morgan fingerprint density at radius 2 is 2.05 bits per heavy atom. The van der Waals surface area contributed by atoms with Crippen molar-refractivity contribution in [3.8, 4) is 5.75 Å². The summed E-state index contributed by atoms with van der Waals surface area (Å²) in [6, 6.07) is 4.27. The van der Waals surface area contributed by atoms with Crippen LogP contribution in [0, 0.1) is 5.82 Å². The van der Waals surface area contributed by atoms with E-state index in [0.717, 1.165) is 25.7 Å². The standard InChI is InChI=1S/C16H21FO4/c1-19-15-5-2-10(17)6-14(15)16(9-18)21-13-7-11-3-4-12(8-13)20-11/h2,5-6,11-13,16,18H,3-4,7-9H2,1H3/t11-,12+,13?,16-/m1/s1. The van der Waals surface area contributed by atoms with Crippen molar-refractivity contribution in [2.75, 3.05) is 13.7 Å². The fraction of sp³-hybridized carbons (Fsp3) is 0.625. The topological polar surface area (TPSA) is 47.9 Å². The maximum absolute atomic E-state index is 13.5. The van der Waals surface area contributed by atoms with E-state index >= 15 is 0 Å². The number of fused-ring (bicyclic) bond motifs is 2. The zero-order valence-corrected chi connectivity index (χ0v) is 12.1. The van der Waals surface area contributed by atoms with Gasteiger partial charge in [-0.15, -0.1) is 0 Å². The minimum Gasteiger partial charge on any atom is -0.496 e. The van der Waals surface area contributed by atoms with Gasteiger partial charge in [0.2, 0.25) is 0 Å². The van der Waals surface area contributed by atoms with Gasteiger partial charge in [-0.2, -0.15) is 0 Å². The van der Waals surface area contributed by atoms with E-state index in [1.165, 1.54) is 19.2 Å². The molecule has 0 radical (unpaired) electrons. The summed E-state index contributed by atoms with van der Waals surface area (Å²) in [7, 11) is 1.53. The number of benzene rings is 1. The van der Waals surface area contributed by atoms with Crippen molar-refractivity contribution in [2.45, 2.75) is 50.1 Å². The highest BCUT2D eigenvalue weighted by Crippen LogP contribution is 2.37. The molecule has 1 aromatic carbocycles. The maximum atomic E-state index is 13.5. The third-order valence-electron chi connectivity index (χ3n) is 4.31. The molecule has 21 heavy (non-hydrogen) atoms. The molecule has 2 fully saturated rings. The summed E-state index contributed by atoms with van der Waals surface area (Å²) >= 11 is 0. The van der Waals surface area contributed by atoms with Gasteiger partial charge in [-0.3, -0.25) is 0 Å². The van der Waals surface area contributed by atoms with E-state index in [9.17, 15) is 9.50 Å². The second-order valence-electron chi connectivity index (χ2n) is 5.74. The molecule has 1 unspecified atom stereocenters. The molecule has 2 aliphatic heterocycles. The Morgan fingerprint density at radius 3 is 2.67 bits per heavy atom. The van der Waals surface area contributed by atoms with Crippen molar-refractivity contribution in [1.82, 2.24) is 0 Å². The molecule has 3 rings (SSSR count). The van der Waals surface area contributed by atoms with Gasteiger partial charge in [0.05, 0.1) is 32.0 Å². The molecule has 116 valence electrons. The monoisotopic (exact) mass is 296 g/mol. The Balaban J connectivity index is 1.74. The van der Waals surface area contributed by atoms with Crippen LogP contribution in [0.1, 0.15) is 37.4 Å². The highest BCUT2D eigenvalue weighted by atomic mass is 19.1. The Morgan fingerprint density at radius 1 is 1.33 bits per heavy atom. The van der Waals surface area contributed by atoms with Crippen molar-refractivity contribution in [2.24, 2.45) is 0 Å². The van der Waals surface area contributed by atoms with Gasteiger partial charge in [0.25, 0.3) is 0 Å². The lowest BCUT2D eigenvalue weighted by molar-refractivity contribution is -0.115. The van der Waals surface area contributed by atoms with E-state index in [0.29, 0.717) is 11.3 Å². The molecule has 0 aromatic heterocycles. The van der Waals surface area contributed by atoms with Crippen LogP contribution >= 0.6 is 0 Å². The first-order valence-electron chi connectivity index (χ1n) is 7.44. The molecule has 4 nitrogen and oxygen atoms in total. The van der Waals surface area contributed by atoms with Crippen LogP contribution in [0.4, 0.5) is 4.39 Å². The van der Waals surface area contributed by atoms with E-state index in [4.69, 9.17) is 14.2 Å². The number of aliphatic hydroxyl groups is 1. The quantitative estimate of drug-likeness (QED) is 0.907. The molecule has 4 atom stereocenters. The number of hydrogen-bond acceptors (Lipinski definition) is 4. The number of ether oxygens (including phenoxy) is 3. The minimum absolute atomic E-state index is 0.0429. The predicted molar refractivity (Wildman–Crippen MR) is 74.8 cm³/mol. The first-order chi connectivity index (χ1) is 10.2. The first-order valence-corrected chi connectivity index (χ1v) is 7.44. The fourth-order valence-corrected chi connectivity index (χ4v) is 3.32. The summed E-state index contributed by atoms with van der Waals surface area (Å²) in [5, 5.41) is 9.63. The van der Waals surface area contributed by atoms with Crippen LogP contribution in [0.15, 0.2) is 18.2 Å². The number of aliphatic hydroxyl groups excluding tert-OH is 1. The number of rotatable bonds is 5. The third kappa shape index (κ3) is 3.20. The van der Waals surface area contributed by atoms with Crippen LogP contribution in [0.3, 0.4) is 0 Å². The zero-order chi connectivity index (χ0) is 14.8. The first kappa shape index (κ1) is 14.8. The molecule has 1 N–H and O–H groups in total. The van der Waals surface area contributed by atoms with Gasteiger partial charge in [-0.25, -0.2) is 4.39 Å². The molecule has 5 heteroatoms. The Bertz CT molecular complexity index is 481. The van der Waals surface area contributed by atoms with Gasteiger partial charge < -0.3 is 19.3 Å². The summed E-state index contributed by atoms with van der Waals surface area (Å²) < 4.78 is 30.5. The second-order valence-corrected chi connectivity index (χ2v) is 5.74. The normalized spacial score (nSPS) is 29.4. The van der Waals surface area contributed by atoms with Crippen LogP contribution < -0.4 is 4.74 Å². The average molecular weight is 296 g/mol. The molecule has 0 aliphatic carbocycles. The van der Waals surface area contributed by atoms with Gasteiger partial charge in [-0.05, 0) is 43.9 Å². The van der Waals surface area contributed by atoms with E-state index in [1.807, 2.05) is 0 Å². The molecule has 2 bridgehead atoms. The van der Waals surface area contributed by atoms with Crippen LogP contribution in [-0.2, 0) is 9.47 Å². The molecule has 0 saturated carbocycles. The molecular formula is C16H21FO4. The van der Waals surface area contributed by atoms with E-state index in [1.54, 1.807) is 6.07 Å². The van der Waals surface area contributed by atoms with E-state index < -0.39 is 6.10 Å². The minimum atomic E-state index is -0.571. The molecule has 2 heterocycles. The predicted octanol–water partition coefficient (Wildman–Crippen LogP) is 2.59. The molecule has 1 aromatic rings. The maximum Gasteiger partial charge on any atom is 0.124 e. The number of hydrogen-bond donors (Lipinski definition) is 1. The van der Waals surface area contributed by atoms with Crippen LogP contribution in [-0.4, -0.2) is 37.1 Å². The van der Waals surface area contributed by atoms with Crippen molar-refractivity contribution < 1.29 is 23.7 Å². The molecule has 2 aliphatic rings. The number of halogens is 1. The highest BCUT2D eigenvalue weighted by molar-refractivity contribution is 5.36. The Hall–Kier alpha value is -1.17. The SMILES string of the molecule is COc1ccc(F)cc1[C@@H](CO)OC1C[C@H]2CC[C@@H](C1)O2. The van der Waals surface area contributed by atoms with Crippen molar-refractivity contribution >= 4 is 0 Å². The smallest absolute Gasteiger partial charge is 0.124 e. The van der Waals surface area contributed by atoms with Crippen LogP contribution in [0.25, 0.3) is 0 Å². The van der Waals surface area contributed by atoms with Crippen molar-refractivity contribution in [3.05, 3.63) is 29.6 Å². The van der Waals surface area contributed by atoms with E-state index in [-0.39, 0.29) is 30.7 Å². The largest absolute Gasteiger partial charge is 0.496 e. The van der Waals surface area contributed by atoms with Gasteiger partial charge >= 0.3 is 0 Å².